The number of nitrogens with zero attached hydrogens (tertiary/aromatic N) is 2. The highest BCUT2D eigenvalue weighted by molar-refractivity contribution is 7.99. The first-order chi connectivity index (χ1) is 13.5. The maximum Gasteiger partial charge on any atom is 0.258 e. The van der Waals surface area contributed by atoms with E-state index in [0.717, 1.165) is 11.3 Å². The molecule has 0 radical (unpaired) electrons. The Morgan fingerprint density at radius 1 is 1.21 bits per heavy atom. The summed E-state index contributed by atoms with van der Waals surface area (Å²) < 4.78 is 19.3. The third-order valence-corrected chi connectivity index (χ3v) is 4.88. The summed E-state index contributed by atoms with van der Waals surface area (Å²) in [6.07, 6.45) is 6.66. The molecule has 0 aliphatic heterocycles. The van der Waals surface area contributed by atoms with Crippen molar-refractivity contribution in [3.05, 3.63) is 70.5 Å². The van der Waals surface area contributed by atoms with E-state index in [2.05, 4.69) is 9.71 Å². The summed E-state index contributed by atoms with van der Waals surface area (Å²) in [5.41, 5.74) is 8.92. The average Bonchev–Trinajstić information content (AvgIpc) is 2.70. The van der Waals surface area contributed by atoms with Crippen molar-refractivity contribution >= 4 is 40.2 Å². The van der Waals surface area contributed by atoms with Crippen LogP contribution in [-0.2, 0) is 7.05 Å². The molecular weight excluding hydrogens is 375 g/mol. The van der Waals surface area contributed by atoms with Crippen molar-refractivity contribution in [3.63, 3.8) is 0 Å². The van der Waals surface area contributed by atoms with Gasteiger partial charge in [-0.3, -0.25) is 9.79 Å². The lowest BCUT2D eigenvalue weighted by Crippen LogP contribution is -2.16. The second-order valence-corrected chi connectivity index (χ2v) is 6.84. The number of allylic oxidation sites excluding steroid dienone is 1. The van der Waals surface area contributed by atoms with E-state index >= 15 is 0 Å². The summed E-state index contributed by atoms with van der Waals surface area (Å²) in [6, 6.07) is 10.2. The molecule has 5 nitrogen and oxygen atoms in total. The van der Waals surface area contributed by atoms with Gasteiger partial charge in [-0.05, 0) is 41.3 Å². The van der Waals surface area contributed by atoms with E-state index in [0.29, 0.717) is 27.5 Å². The van der Waals surface area contributed by atoms with Crippen LogP contribution in [0.4, 0.5) is 10.1 Å². The molecule has 0 aliphatic carbocycles. The van der Waals surface area contributed by atoms with E-state index in [-0.39, 0.29) is 11.4 Å². The van der Waals surface area contributed by atoms with Crippen molar-refractivity contribution in [2.24, 2.45) is 17.8 Å². The number of hydrogen-bond acceptors (Lipinski definition) is 5. The highest BCUT2D eigenvalue weighted by Crippen LogP contribution is 2.32. The van der Waals surface area contributed by atoms with E-state index < -0.39 is 0 Å². The predicted molar refractivity (Wildman–Crippen MR) is 118 cm³/mol. The summed E-state index contributed by atoms with van der Waals surface area (Å²) >= 11 is 1.42. The Balaban J connectivity index is 2.35. The Kier molecular flexibility index (Phi) is 5.84. The first kappa shape index (κ1) is 19.7. The molecule has 2 aromatic carbocycles. The minimum absolute atomic E-state index is 0.147. The first-order valence-corrected chi connectivity index (χ1v) is 9.79. The van der Waals surface area contributed by atoms with Crippen LogP contribution in [0.5, 0.6) is 0 Å². The van der Waals surface area contributed by atoms with Crippen molar-refractivity contribution < 1.29 is 4.39 Å². The van der Waals surface area contributed by atoms with E-state index in [4.69, 9.17) is 5.73 Å². The lowest BCUT2D eigenvalue weighted by Gasteiger charge is -2.13. The molecule has 0 unspecified atom stereocenters. The van der Waals surface area contributed by atoms with Crippen LogP contribution in [0, 0.1) is 5.82 Å². The van der Waals surface area contributed by atoms with Gasteiger partial charge in [-0.15, -0.1) is 0 Å². The van der Waals surface area contributed by atoms with E-state index in [1.165, 1.54) is 28.8 Å². The number of halogens is 1. The number of aryl methyl sites for hydroxylation is 1. The molecule has 1 aromatic heterocycles. The number of nitrogens with two attached hydrogens (primary N) is 1. The second kappa shape index (κ2) is 8.31. The van der Waals surface area contributed by atoms with Crippen LogP contribution in [0.3, 0.4) is 0 Å². The van der Waals surface area contributed by atoms with Gasteiger partial charge in [0.05, 0.1) is 0 Å². The third-order valence-electron chi connectivity index (χ3n) is 4.44. The number of hydrogen-bond donors (Lipinski definition) is 2. The molecule has 0 aliphatic rings. The molecule has 0 spiro atoms. The number of anilines is 1. The number of nitrogens with one attached hydrogen (secondary N) is 1. The average molecular weight is 396 g/mol. The molecule has 3 rings (SSSR count). The molecule has 7 heteroatoms. The molecule has 0 saturated heterocycles. The Labute approximate surface area is 166 Å². The van der Waals surface area contributed by atoms with Gasteiger partial charge in [0.1, 0.15) is 5.82 Å². The largest absolute Gasteiger partial charge is 0.404 e. The Bertz CT molecular complexity index is 1150. The van der Waals surface area contributed by atoms with Crippen LogP contribution in [-0.4, -0.2) is 24.1 Å². The van der Waals surface area contributed by atoms with Gasteiger partial charge in [-0.2, -0.15) is 0 Å². The number of aromatic nitrogens is 1. The van der Waals surface area contributed by atoms with E-state index in [1.807, 2.05) is 18.4 Å². The van der Waals surface area contributed by atoms with Crippen LogP contribution in [0.2, 0.25) is 0 Å². The number of rotatable bonds is 5. The van der Waals surface area contributed by atoms with Gasteiger partial charge >= 0.3 is 0 Å². The highest BCUT2D eigenvalue weighted by atomic mass is 32.2. The van der Waals surface area contributed by atoms with Crippen molar-refractivity contribution in [2.45, 2.75) is 0 Å². The molecule has 0 bridgehead atoms. The maximum absolute atomic E-state index is 14.7. The topological polar surface area (TPSA) is 72.4 Å². The van der Waals surface area contributed by atoms with Crippen molar-refractivity contribution in [1.29, 1.82) is 0 Å². The lowest BCUT2D eigenvalue weighted by molar-refractivity contribution is 0.631. The molecule has 3 aromatic rings. The molecule has 0 saturated carbocycles. The Hall–Kier alpha value is -3.06. The smallest absolute Gasteiger partial charge is 0.258 e. The number of aliphatic imine (C=N–C) groups is 1. The van der Waals surface area contributed by atoms with Crippen LogP contribution in [0.15, 0.2) is 58.6 Å². The van der Waals surface area contributed by atoms with Gasteiger partial charge in [0, 0.05) is 66.7 Å². The van der Waals surface area contributed by atoms with Crippen molar-refractivity contribution in [2.75, 3.05) is 18.0 Å². The normalized spacial score (nSPS) is 12.1. The zero-order valence-electron chi connectivity index (χ0n) is 15.9. The first-order valence-electron chi connectivity index (χ1n) is 8.57. The fourth-order valence-corrected chi connectivity index (χ4v) is 3.49. The van der Waals surface area contributed by atoms with Gasteiger partial charge in [0.2, 0.25) is 0 Å². The fraction of sp³-hybridized carbons (Fsp3) is 0.143. The molecule has 0 fully saturated rings. The van der Waals surface area contributed by atoms with Crippen LogP contribution in [0.1, 0.15) is 5.56 Å². The second-order valence-electron chi connectivity index (χ2n) is 6.23. The molecule has 0 amide bonds. The zero-order chi connectivity index (χ0) is 20.3. The van der Waals surface area contributed by atoms with Crippen molar-refractivity contribution in [3.8, 4) is 11.1 Å². The lowest BCUT2D eigenvalue weighted by atomic mass is 9.96. The van der Waals surface area contributed by atoms with E-state index in [9.17, 15) is 9.18 Å². The molecule has 144 valence electrons. The maximum atomic E-state index is 14.7. The number of fused-ring (bicyclic) bond motifs is 1. The Morgan fingerprint density at radius 2 is 2.00 bits per heavy atom. The highest BCUT2D eigenvalue weighted by Gasteiger charge is 2.14. The molecule has 1 heterocycles. The standard InChI is InChI=1S/C21H21FN4OS/c1-24-11-14(10-23)13-4-6-16-17(8-13)19(12-26(2)21(16)27)18-9-15(25-28-3)5-7-20(18)22/h4-12,25H,23H2,1-3H3. The summed E-state index contributed by atoms with van der Waals surface area (Å²) in [6.45, 7) is 0. The van der Waals surface area contributed by atoms with Crippen molar-refractivity contribution in [1.82, 2.24) is 4.57 Å². The van der Waals surface area contributed by atoms with Crippen LogP contribution in [0.25, 0.3) is 27.5 Å². The molecule has 3 N–H and O–H groups in total. The minimum Gasteiger partial charge on any atom is -0.404 e. The van der Waals surface area contributed by atoms with Gasteiger partial charge in [0.15, 0.2) is 0 Å². The van der Waals surface area contributed by atoms with E-state index in [1.54, 1.807) is 44.7 Å². The number of pyridine rings is 1. The van der Waals surface area contributed by atoms with Crippen LogP contribution >= 0.6 is 11.9 Å². The monoisotopic (exact) mass is 396 g/mol. The SMILES string of the molecule is CN=CC(=CN)c1ccc2c(=O)n(C)cc(-c3cc(NSC)ccc3F)c2c1. The van der Waals surface area contributed by atoms with Gasteiger partial charge in [-0.25, -0.2) is 4.39 Å². The summed E-state index contributed by atoms with van der Waals surface area (Å²) in [5, 5.41) is 1.17. The minimum atomic E-state index is -0.360. The van der Waals surface area contributed by atoms with Gasteiger partial charge in [0.25, 0.3) is 5.56 Å². The fourth-order valence-electron chi connectivity index (χ4n) is 3.13. The molecule has 0 atom stereocenters. The summed E-state index contributed by atoms with van der Waals surface area (Å²) in [7, 11) is 3.32. The molecular formula is C21H21FN4OS. The quantitative estimate of drug-likeness (QED) is 0.504. The zero-order valence-corrected chi connectivity index (χ0v) is 16.7. The number of benzene rings is 2. The van der Waals surface area contributed by atoms with Crippen LogP contribution < -0.4 is 16.0 Å². The molecule has 28 heavy (non-hydrogen) atoms. The summed E-state index contributed by atoms with van der Waals surface area (Å²) in [5.74, 6) is -0.360. The van der Waals surface area contributed by atoms with Gasteiger partial charge < -0.3 is 15.0 Å². The summed E-state index contributed by atoms with van der Waals surface area (Å²) in [4.78, 5) is 16.6. The third kappa shape index (κ3) is 3.66. The Morgan fingerprint density at radius 3 is 2.68 bits per heavy atom. The predicted octanol–water partition coefficient (Wildman–Crippen LogP) is 4.03. The van der Waals surface area contributed by atoms with Gasteiger partial charge in [-0.1, -0.05) is 18.0 Å².